The summed E-state index contributed by atoms with van der Waals surface area (Å²) in [4.78, 5) is 42.3. The Bertz CT molecular complexity index is 2030. The van der Waals surface area contributed by atoms with Crippen LogP contribution in [-0.2, 0) is 11.8 Å². The van der Waals surface area contributed by atoms with Crippen LogP contribution in [0.1, 0.15) is 0 Å². The van der Waals surface area contributed by atoms with Crippen molar-refractivity contribution in [2.24, 2.45) is 7.05 Å². The Morgan fingerprint density at radius 2 is 1.68 bits per heavy atom. The van der Waals surface area contributed by atoms with Crippen LogP contribution in [0, 0.1) is 0 Å². The van der Waals surface area contributed by atoms with Gasteiger partial charge in [0.2, 0.25) is 11.9 Å². The molecule has 0 bridgehead atoms. The number of methoxy groups -OCH3 is 2. The number of carbonyl (C=O) groups is 1. The van der Waals surface area contributed by atoms with Crippen LogP contribution in [0.5, 0.6) is 11.5 Å². The van der Waals surface area contributed by atoms with Gasteiger partial charge in [-0.05, 0) is 24.3 Å². The van der Waals surface area contributed by atoms with Gasteiger partial charge in [0.1, 0.15) is 23.0 Å². The first-order valence-corrected chi connectivity index (χ1v) is 15.4. The molecule has 2 unspecified atom stereocenters. The summed E-state index contributed by atoms with van der Waals surface area (Å²) in [5, 5.41) is 7.31. The summed E-state index contributed by atoms with van der Waals surface area (Å²) in [6, 6.07) is 18.4. The van der Waals surface area contributed by atoms with Crippen LogP contribution < -0.4 is 30.6 Å². The SMILES string of the molecule is C=CC(=O)NC1CN(c2cccc(-c3ccccc3)n2)CC1Nc1ncc2cc(-c3c(Cl)c(OC)cc(OC)c3Cl)c(=O)n(C)c2n1. The van der Waals surface area contributed by atoms with Gasteiger partial charge in [0.25, 0.3) is 5.56 Å². The van der Waals surface area contributed by atoms with Crippen LogP contribution in [0.25, 0.3) is 33.4 Å². The molecule has 1 aliphatic heterocycles. The van der Waals surface area contributed by atoms with Gasteiger partial charge in [0.05, 0.1) is 47.6 Å². The molecule has 0 saturated carbocycles. The van der Waals surface area contributed by atoms with Gasteiger partial charge in [-0.2, -0.15) is 4.98 Å². The smallest absolute Gasteiger partial charge is 0.259 e. The quantitative estimate of drug-likeness (QED) is 0.200. The molecule has 2 N–H and O–H groups in total. The number of aryl methyl sites for hydroxylation is 1. The average Bonchev–Trinajstić information content (AvgIpc) is 3.49. The standard InChI is InChI=1S/C34H31Cl2N7O4/c1-5-28(44)39-23-17-43(27-13-9-12-22(38-27)19-10-7-6-8-11-19)18-24(23)40-34-37-16-20-14-21(33(45)42(2)32(20)41-34)29-30(35)25(46-3)15-26(47-4)31(29)36/h5-16,23-24H,1,17-18H2,2-4H3,(H,39,44)(H,37,40,41). The Kier molecular flexibility index (Phi) is 9.01. The second-order valence-corrected chi connectivity index (χ2v) is 11.7. The minimum Gasteiger partial charge on any atom is -0.495 e. The highest BCUT2D eigenvalue weighted by atomic mass is 35.5. The molecule has 3 aromatic heterocycles. The molecule has 1 aliphatic rings. The molecular weight excluding hydrogens is 641 g/mol. The largest absolute Gasteiger partial charge is 0.495 e. The van der Waals surface area contributed by atoms with Crippen molar-refractivity contribution in [1.82, 2.24) is 24.8 Å². The van der Waals surface area contributed by atoms with Crippen molar-refractivity contribution in [3.63, 3.8) is 0 Å². The number of nitrogens with one attached hydrogen (secondary N) is 2. The predicted octanol–water partition coefficient (Wildman–Crippen LogP) is 5.35. The van der Waals surface area contributed by atoms with E-state index in [1.165, 1.54) is 24.9 Å². The van der Waals surface area contributed by atoms with Gasteiger partial charge >= 0.3 is 0 Å². The third-order valence-corrected chi connectivity index (χ3v) is 8.82. The fourth-order valence-corrected chi connectivity index (χ4v) is 6.38. The first-order chi connectivity index (χ1) is 22.7. The fraction of sp³-hybridized carbons (Fsp3) is 0.206. The molecule has 1 fully saturated rings. The highest BCUT2D eigenvalue weighted by Crippen LogP contribution is 2.45. The molecule has 0 aliphatic carbocycles. The van der Waals surface area contributed by atoms with E-state index in [2.05, 4.69) is 32.1 Å². The summed E-state index contributed by atoms with van der Waals surface area (Å²) in [6.07, 6.45) is 2.85. The molecule has 5 aromatic rings. The molecule has 47 heavy (non-hydrogen) atoms. The van der Waals surface area contributed by atoms with Crippen molar-refractivity contribution in [2.45, 2.75) is 12.1 Å². The number of fused-ring (bicyclic) bond motifs is 1. The van der Waals surface area contributed by atoms with Gasteiger partial charge in [0.15, 0.2) is 0 Å². The van der Waals surface area contributed by atoms with Crippen LogP contribution in [0.4, 0.5) is 11.8 Å². The van der Waals surface area contributed by atoms with Crippen LogP contribution in [0.2, 0.25) is 10.0 Å². The monoisotopic (exact) mass is 671 g/mol. The highest BCUT2D eigenvalue weighted by molar-refractivity contribution is 6.41. The molecule has 4 heterocycles. The number of anilines is 2. The summed E-state index contributed by atoms with van der Waals surface area (Å²) >= 11 is 13.3. The molecule has 2 atom stereocenters. The summed E-state index contributed by atoms with van der Waals surface area (Å²) in [7, 11) is 4.54. The Hall–Kier alpha value is -5.13. The molecule has 0 radical (unpaired) electrons. The Morgan fingerprint density at radius 1 is 0.979 bits per heavy atom. The van der Waals surface area contributed by atoms with Crippen LogP contribution in [-0.4, -0.2) is 64.8 Å². The topological polar surface area (TPSA) is 124 Å². The lowest BCUT2D eigenvalue weighted by molar-refractivity contribution is -0.117. The van der Waals surface area contributed by atoms with Crippen molar-refractivity contribution < 1.29 is 14.3 Å². The predicted molar refractivity (Wildman–Crippen MR) is 185 cm³/mol. The number of amides is 1. The number of hydrogen-bond acceptors (Lipinski definition) is 9. The lowest BCUT2D eigenvalue weighted by atomic mass is 10.0. The first kappa shape index (κ1) is 31.8. The maximum Gasteiger partial charge on any atom is 0.259 e. The molecule has 11 nitrogen and oxygen atoms in total. The number of pyridine rings is 2. The van der Waals surface area contributed by atoms with E-state index in [1.807, 2.05) is 48.5 Å². The highest BCUT2D eigenvalue weighted by Gasteiger charge is 2.35. The van der Waals surface area contributed by atoms with Gasteiger partial charge in [-0.15, -0.1) is 0 Å². The number of benzene rings is 2. The summed E-state index contributed by atoms with van der Waals surface area (Å²) < 4.78 is 12.2. The lowest BCUT2D eigenvalue weighted by Crippen LogP contribution is -2.45. The van der Waals surface area contributed by atoms with E-state index in [0.717, 1.165) is 17.1 Å². The molecule has 1 saturated heterocycles. The summed E-state index contributed by atoms with van der Waals surface area (Å²) in [5.74, 6) is 1.39. The maximum absolute atomic E-state index is 13.7. The molecule has 1 amide bonds. The molecular formula is C34H31Cl2N7O4. The zero-order valence-corrected chi connectivity index (χ0v) is 27.3. The Morgan fingerprint density at radius 3 is 2.36 bits per heavy atom. The zero-order chi connectivity index (χ0) is 33.2. The van der Waals surface area contributed by atoms with Crippen molar-refractivity contribution in [2.75, 3.05) is 37.5 Å². The number of aromatic nitrogens is 4. The zero-order valence-electron chi connectivity index (χ0n) is 25.8. The normalized spacial score (nSPS) is 15.8. The molecule has 13 heteroatoms. The van der Waals surface area contributed by atoms with Gasteiger partial charge in [0, 0.05) is 48.9 Å². The minimum atomic E-state index is -0.381. The van der Waals surface area contributed by atoms with E-state index in [0.29, 0.717) is 35.6 Å². The Balaban J connectivity index is 1.32. The number of carbonyl (C=O) groups excluding carboxylic acids is 1. The lowest BCUT2D eigenvalue weighted by Gasteiger charge is -2.20. The molecule has 6 rings (SSSR count). The molecule has 2 aromatic carbocycles. The maximum atomic E-state index is 13.7. The summed E-state index contributed by atoms with van der Waals surface area (Å²) in [6.45, 7) is 4.59. The Labute approximate surface area is 280 Å². The first-order valence-electron chi connectivity index (χ1n) is 14.7. The van der Waals surface area contributed by atoms with Gasteiger partial charge in [-0.3, -0.25) is 14.2 Å². The summed E-state index contributed by atoms with van der Waals surface area (Å²) in [5.41, 5.74) is 2.38. The van der Waals surface area contributed by atoms with Gasteiger partial charge in [-0.1, -0.05) is 66.2 Å². The van der Waals surface area contributed by atoms with E-state index < -0.39 is 0 Å². The average molecular weight is 673 g/mol. The van der Waals surface area contributed by atoms with Crippen LogP contribution in [0.15, 0.2) is 84.3 Å². The van der Waals surface area contributed by atoms with E-state index in [4.69, 9.17) is 37.7 Å². The van der Waals surface area contributed by atoms with Crippen LogP contribution in [0.3, 0.4) is 0 Å². The van der Waals surface area contributed by atoms with Crippen molar-refractivity contribution in [3.05, 3.63) is 99.9 Å². The number of nitrogens with zero attached hydrogens (tertiary/aromatic N) is 5. The second kappa shape index (κ2) is 13.3. The van der Waals surface area contributed by atoms with Crippen molar-refractivity contribution >= 4 is 51.9 Å². The molecule has 240 valence electrons. The minimum absolute atomic E-state index is 0.177. The van der Waals surface area contributed by atoms with Crippen molar-refractivity contribution in [3.8, 4) is 33.9 Å². The number of ether oxygens (including phenoxy) is 2. The van der Waals surface area contributed by atoms with Gasteiger partial charge < -0.3 is 25.0 Å². The van der Waals surface area contributed by atoms with E-state index in [1.54, 1.807) is 25.4 Å². The third kappa shape index (κ3) is 6.19. The van der Waals surface area contributed by atoms with Crippen molar-refractivity contribution in [1.29, 1.82) is 0 Å². The number of hydrogen-bond donors (Lipinski definition) is 2. The number of rotatable bonds is 9. The van der Waals surface area contributed by atoms with Crippen LogP contribution >= 0.6 is 23.2 Å². The van der Waals surface area contributed by atoms with E-state index >= 15 is 0 Å². The second-order valence-electron chi connectivity index (χ2n) is 10.9. The van der Waals surface area contributed by atoms with E-state index in [-0.39, 0.29) is 50.7 Å². The fourth-order valence-electron chi connectivity index (χ4n) is 5.68. The third-order valence-electron chi connectivity index (χ3n) is 8.07. The van der Waals surface area contributed by atoms with E-state index in [9.17, 15) is 9.59 Å². The number of halogens is 2. The molecule has 0 spiro atoms. The van der Waals surface area contributed by atoms with Gasteiger partial charge in [-0.25, -0.2) is 9.97 Å².